The maximum absolute atomic E-state index is 12.3. The summed E-state index contributed by atoms with van der Waals surface area (Å²) in [6.07, 6.45) is 0. The zero-order chi connectivity index (χ0) is 19.4. The Hall–Kier alpha value is -3.00. The Labute approximate surface area is 163 Å². The Morgan fingerprint density at radius 3 is 2.59 bits per heavy atom. The summed E-state index contributed by atoms with van der Waals surface area (Å²) in [6.45, 7) is 1.78. The van der Waals surface area contributed by atoms with E-state index < -0.39 is 11.9 Å². The quantitative estimate of drug-likeness (QED) is 0.473. The lowest BCUT2D eigenvalue weighted by Crippen LogP contribution is -2.12. The van der Waals surface area contributed by atoms with Crippen LogP contribution in [0, 0.1) is 0 Å². The van der Waals surface area contributed by atoms with Crippen molar-refractivity contribution in [2.45, 2.75) is 13.5 Å². The highest BCUT2D eigenvalue weighted by atomic mass is 79.9. The molecule has 0 radical (unpaired) electrons. The van der Waals surface area contributed by atoms with Crippen LogP contribution in [0.15, 0.2) is 63.2 Å². The molecule has 3 aromatic rings. The summed E-state index contributed by atoms with van der Waals surface area (Å²) >= 11 is 3.30. The topological polar surface area (TPSA) is 93.2 Å². The van der Waals surface area contributed by atoms with Gasteiger partial charge in [0.25, 0.3) is 5.91 Å². The van der Waals surface area contributed by atoms with Gasteiger partial charge in [-0.25, -0.2) is 0 Å². The van der Waals surface area contributed by atoms with Crippen LogP contribution in [0.4, 0.5) is 5.69 Å². The van der Waals surface area contributed by atoms with E-state index in [1.165, 1.54) is 4.57 Å². The van der Waals surface area contributed by atoms with Gasteiger partial charge >= 0.3 is 5.97 Å². The Bertz CT molecular complexity index is 1040. The normalized spacial score (nSPS) is 11.2. The number of azo groups is 1. The first kappa shape index (κ1) is 18.8. The number of benzene rings is 2. The van der Waals surface area contributed by atoms with E-state index in [1.54, 1.807) is 55.5 Å². The molecule has 1 amide bonds. The van der Waals surface area contributed by atoms with Crippen LogP contribution in [0.1, 0.15) is 17.3 Å². The Morgan fingerprint density at radius 1 is 1.15 bits per heavy atom. The molecule has 7 nitrogen and oxygen atoms in total. The van der Waals surface area contributed by atoms with E-state index in [-0.39, 0.29) is 24.7 Å². The maximum Gasteiger partial charge on any atom is 0.326 e. The number of hydrogen-bond acceptors (Lipinski definition) is 5. The molecule has 0 aliphatic carbocycles. The molecule has 1 heterocycles. The number of amides is 1. The summed E-state index contributed by atoms with van der Waals surface area (Å²) in [5.74, 6) is -1.29. The van der Waals surface area contributed by atoms with E-state index >= 15 is 0 Å². The highest BCUT2D eigenvalue weighted by molar-refractivity contribution is 9.10. The lowest BCUT2D eigenvalue weighted by molar-refractivity contribution is -0.143. The van der Waals surface area contributed by atoms with Gasteiger partial charge in [0.15, 0.2) is 5.69 Å². The smallest absolute Gasteiger partial charge is 0.326 e. The molecule has 0 saturated carbocycles. The molecule has 0 aliphatic rings. The SMILES string of the molecule is CCOC(=O)Cn1c(O)c(N=NC(=O)c2ccccc2Br)c2ccccc21. The number of rotatable bonds is 5. The number of ether oxygens (including phenoxy) is 1. The summed E-state index contributed by atoms with van der Waals surface area (Å²) in [7, 11) is 0. The molecular weight excluding hydrogens is 414 g/mol. The number of carbonyl (C=O) groups excluding carboxylic acids is 2. The van der Waals surface area contributed by atoms with Gasteiger partial charge in [-0.2, -0.15) is 0 Å². The third-order valence-corrected chi connectivity index (χ3v) is 4.55. The molecule has 0 saturated heterocycles. The number of fused-ring (bicyclic) bond motifs is 1. The minimum absolute atomic E-state index is 0.121. The van der Waals surface area contributed by atoms with Crippen LogP contribution in [0.2, 0.25) is 0 Å². The molecule has 1 N–H and O–H groups in total. The fraction of sp³-hybridized carbons (Fsp3) is 0.158. The number of esters is 1. The molecule has 138 valence electrons. The van der Waals surface area contributed by atoms with E-state index in [4.69, 9.17) is 4.74 Å². The first-order valence-corrected chi connectivity index (χ1v) is 8.98. The highest BCUT2D eigenvalue weighted by Gasteiger charge is 2.19. The average Bonchev–Trinajstić information content (AvgIpc) is 2.92. The van der Waals surface area contributed by atoms with E-state index in [1.807, 2.05) is 0 Å². The largest absolute Gasteiger partial charge is 0.493 e. The molecule has 8 heteroatoms. The predicted molar refractivity (Wildman–Crippen MR) is 103 cm³/mol. The summed E-state index contributed by atoms with van der Waals surface area (Å²) in [6, 6.07) is 13.9. The van der Waals surface area contributed by atoms with E-state index in [0.717, 1.165) is 0 Å². The molecular formula is C19H16BrN3O4. The second kappa shape index (κ2) is 8.13. The second-order valence-electron chi connectivity index (χ2n) is 5.57. The van der Waals surface area contributed by atoms with Gasteiger partial charge < -0.3 is 9.84 Å². The highest BCUT2D eigenvalue weighted by Crippen LogP contribution is 2.38. The number of carbonyl (C=O) groups is 2. The van der Waals surface area contributed by atoms with Gasteiger partial charge in [-0.1, -0.05) is 30.3 Å². The van der Waals surface area contributed by atoms with Crippen LogP contribution in [-0.2, 0) is 16.1 Å². The first-order chi connectivity index (χ1) is 13.0. The minimum Gasteiger partial charge on any atom is -0.493 e. The number of para-hydroxylation sites is 1. The average molecular weight is 430 g/mol. The molecule has 27 heavy (non-hydrogen) atoms. The fourth-order valence-electron chi connectivity index (χ4n) is 2.65. The van der Waals surface area contributed by atoms with E-state index in [0.29, 0.717) is 20.9 Å². The van der Waals surface area contributed by atoms with Gasteiger partial charge in [-0.05, 0) is 41.1 Å². The standard InChI is InChI=1S/C19H16BrN3O4/c1-2-27-16(24)11-23-15-10-6-4-8-13(15)17(19(23)26)21-22-18(25)12-7-3-5-9-14(12)20/h3-10,26H,2,11H2,1H3. The molecule has 3 rings (SSSR count). The minimum atomic E-state index is -0.552. The van der Waals surface area contributed by atoms with Crippen molar-refractivity contribution in [2.75, 3.05) is 6.61 Å². The van der Waals surface area contributed by atoms with Crippen molar-refractivity contribution in [3.8, 4) is 5.88 Å². The zero-order valence-corrected chi connectivity index (χ0v) is 16.0. The van der Waals surface area contributed by atoms with Crippen molar-refractivity contribution in [1.82, 2.24) is 4.57 Å². The van der Waals surface area contributed by atoms with Crippen LogP contribution in [0.25, 0.3) is 10.9 Å². The third-order valence-electron chi connectivity index (χ3n) is 3.86. The summed E-state index contributed by atoms with van der Waals surface area (Å²) < 4.78 is 6.92. The zero-order valence-electron chi connectivity index (χ0n) is 14.4. The fourth-order valence-corrected chi connectivity index (χ4v) is 3.10. The lowest BCUT2D eigenvalue weighted by atomic mass is 10.2. The van der Waals surface area contributed by atoms with Crippen molar-refractivity contribution in [3.05, 3.63) is 58.6 Å². The van der Waals surface area contributed by atoms with Crippen LogP contribution in [-0.4, -0.2) is 28.2 Å². The first-order valence-electron chi connectivity index (χ1n) is 8.19. The van der Waals surface area contributed by atoms with Gasteiger partial charge in [0.2, 0.25) is 5.88 Å². The van der Waals surface area contributed by atoms with Crippen molar-refractivity contribution in [1.29, 1.82) is 0 Å². The molecule has 0 aliphatic heterocycles. The van der Waals surface area contributed by atoms with Gasteiger partial charge in [-0.3, -0.25) is 14.2 Å². The van der Waals surface area contributed by atoms with Crippen molar-refractivity contribution >= 4 is 44.4 Å². The molecule has 1 aromatic heterocycles. The molecule has 0 unspecified atom stereocenters. The predicted octanol–water partition coefficient (Wildman–Crippen LogP) is 4.60. The molecule has 0 spiro atoms. The van der Waals surface area contributed by atoms with Crippen LogP contribution in [0.3, 0.4) is 0 Å². The van der Waals surface area contributed by atoms with Gasteiger partial charge in [0, 0.05) is 9.86 Å². The maximum atomic E-state index is 12.3. The second-order valence-corrected chi connectivity index (χ2v) is 6.42. The lowest BCUT2D eigenvalue weighted by Gasteiger charge is -2.06. The van der Waals surface area contributed by atoms with Crippen LogP contribution < -0.4 is 0 Å². The molecule has 2 aromatic carbocycles. The van der Waals surface area contributed by atoms with Gasteiger partial charge in [-0.15, -0.1) is 10.2 Å². The van der Waals surface area contributed by atoms with Crippen molar-refractivity contribution in [3.63, 3.8) is 0 Å². The van der Waals surface area contributed by atoms with E-state index in [2.05, 4.69) is 26.2 Å². The number of halogens is 1. The summed E-state index contributed by atoms with van der Waals surface area (Å²) in [5, 5.41) is 18.8. The molecule has 0 atom stereocenters. The molecule has 0 bridgehead atoms. The Kier molecular flexibility index (Phi) is 5.66. The third kappa shape index (κ3) is 3.90. The van der Waals surface area contributed by atoms with Crippen LogP contribution >= 0.6 is 15.9 Å². The number of aromatic hydroxyl groups is 1. The van der Waals surface area contributed by atoms with Gasteiger partial charge in [0.1, 0.15) is 6.54 Å². The number of hydrogen-bond donors (Lipinski definition) is 1. The number of aromatic nitrogens is 1. The number of nitrogens with zero attached hydrogens (tertiary/aromatic N) is 3. The molecule has 0 fully saturated rings. The van der Waals surface area contributed by atoms with Crippen molar-refractivity contribution in [2.24, 2.45) is 10.2 Å². The summed E-state index contributed by atoms with van der Waals surface area (Å²) in [4.78, 5) is 24.1. The van der Waals surface area contributed by atoms with Crippen LogP contribution in [0.5, 0.6) is 5.88 Å². The monoisotopic (exact) mass is 429 g/mol. The van der Waals surface area contributed by atoms with Gasteiger partial charge in [0.05, 0.1) is 17.7 Å². The van der Waals surface area contributed by atoms with E-state index in [9.17, 15) is 14.7 Å². The van der Waals surface area contributed by atoms with Crippen molar-refractivity contribution < 1.29 is 19.4 Å². The Morgan fingerprint density at radius 2 is 1.85 bits per heavy atom. The Balaban J connectivity index is 1.99. The summed E-state index contributed by atoms with van der Waals surface area (Å²) in [5.41, 5.74) is 1.07.